The minimum absolute atomic E-state index is 0.489. The van der Waals surface area contributed by atoms with Crippen molar-refractivity contribution in [3.8, 4) is 73.3 Å². The molecular weight excluding hydrogens is 803 g/mol. The van der Waals surface area contributed by atoms with Crippen molar-refractivity contribution in [1.29, 1.82) is 5.26 Å². The maximum absolute atomic E-state index is 11.2. The summed E-state index contributed by atoms with van der Waals surface area (Å²) in [7, 11) is 0. The molecule has 3 aromatic heterocycles. The Kier molecular flexibility index (Phi) is 9.25. The zero-order valence-electron chi connectivity index (χ0n) is 36.4. The Bertz CT molecular complexity index is 3660. The summed E-state index contributed by atoms with van der Waals surface area (Å²) in [5.41, 5.74) is 17.7. The first-order valence-electron chi connectivity index (χ1n) is 22.3. The Morgan fingerprint density at radius 3 is 0.985 bits per heavy atom. The van der Waals surface area contributed by atoms with Crippen molar-refractivity contribution in [2.45, 2.75) is 13.8 Å². The first-order valence-corrected chi connectivity index (χ1v) is 22.3. The van der Waals surface area contributed by atoms with E-state index in [9.17, 15) is 5.26 Å². The number of aromatic nitrogens is 4. The van der Waals surface area contributed by atoms with Crippen LogP contribution in [-0.2, 0) is 0 Å². The highest BCUT2D eigenvalue weighted by Crippen LogP contribution is 2.44. The minimum atomic E-state index is 0.489. The first-order chi connectivity index (χ1) is 32.5. The second kappa shape index (κ2) is 15.7. The van der Waals surface area contributed by atoms with Gasteiger partial charge in [0.15, 0.2) is 5.82 Å². The fourth-order valence-electron chi connectivity index (χ4n) is 9.86. The molecule has 0 spiro atoms. The van der Waals surface area contributed by atoms with Crippen LogP contribution >= 0.6 is 0 Å². The van der Waals surface area contributed by atoms with Gasteiger partial charge in [-0.1, -0.05) is 170 Å². The van der Waals surface area contributed by atoms with Crippen LogP contribution < -0.4 is 0 Å². The van der Waals surface area contributed by atoms with Gasteiger partial charge in [0.05, 0.1) is 45.1 Å². The molecule has 0 aliphatic carbocycles. The molecule has 12 aromatic rings. The highest BCUT2D eigenvalue weighted by molar-refractivity contribution is 6.14. The van der Waals surface area contributed by atoms with Gasteiger partial charge in [0.1, 0.15) is 0 Å². The third-order valence-electron chi connectivity index (χ3n) is 12.9. The van der Waals surface area contributed by atoms with Crippen LogP contribution in [-0.4, -0.2) is 19.1 Å². The van der Waals surface area contributed by atoms with Crippen molar-refractivity contribution in [1.82, 2.24) is 19.1 Å². The van der Waals surface area contributed by atoms with Gasteiger partial charge in [-0.25, -0.2) is 9.97 Å². The van der Waals surface area contributed by atoms with Crippen LogP contribution in [0.3, 0.4) is 0 Å². The number of aryl methyl sites for hydroxylation is 2. The first kappa shape index (κ1) is 38.8. The van der Waals surface area contributed by atoms with Crippen molar-refractivity contribution in [2.75, 3.05) is 0 Å². The summed E-state index contributed by atoms with van der Waals surface area (Å²) in [5, 5.41) is 15.7. The fourth-order valence-corrected chi connectivity index (χ4v) is 9.86. The van der Waals surface area contributed by atoms with E-state index in [4.69, 9.17) is 9.97 Å². The summed E-state index contributed by atoms with van der Waals surface area (Å²) in [4.78, 5) is 9.94. The normalized spacial score (nSPS) is 11.5. The van der Waals surface area contributed by atoms with Gasteiger partial charge in [-0.3, -0.25) is 0 Å². The van der Waals surface area contributed by atoms with Crippen molar-refractivity contribution >= 4 is 43.6 Å². The van der Waals surface area contributed by atoms with Gasteiger partial charge in [-0.05, 0) is 101 Å². The fraction of sp³-hybridized carbons (Fsp3) is 0.0328. The third-order valence-corrected chi connectivity index (χ3v) is 12.9. The number of fused-ring (bicyclic) bond motifs is 6. The molecule has 0 atom stereocenters. The van der Waals surface area contributed by atoms with E-state index in [1.54, 1.807) is 0 Å². The lowest BCUT2D eigenvalue weighted by molar-refractivity contribution is 1.05. The highest BCUT2D eigenvalue weighted by Gasteiger charge is 2.24. The van der Waals surface area contributed by atoms with Gasteiger partial charge in [0.2, 0.25) is 0 Å². The van der Waals surface area contributed by atoms with Crippen LogP contribution in [0.25, 0.3) is 111 Å². The van der Waals surface area contributed by atoms with Crippen LogP contribution in [0.1, 0.15) is 17.0 Å². The molecule has 0 aliphatic rings. The highest BCUT2D eigenvalue weighted by atomic mass is 15.1. The molecule has 9 aromatic carbocycles. The number of nitrogens with zero attached hydrogens (tertiary/aromatic N) is 5. The zero-order chi connectivity index (χ0) is 44.3. The van der Waals surface area contributed by atoms with Crippen LogP contribution in [0.15, 0.2) is 212 Å². The van der Waals surface area contributed by atoms with E-state index in [1.807, 2.05) is 19.9 Å². The molecule has 66 heavy (non-hydrogen) atoms. The van der Waals surface area contributed by atoms with E-state index in [-0.39, 0.29) is 0 Å². The predicted octanol–water partition coefficient (Wildman–Crippen LogP) is 15.5. The van der Waals surface area contributed by atoms with Gasteiger partial charge < -0.3 is 9.13 Å². The number of hydrogen-bond donors (Lipinski definition) is 0. The van der Waals surface area contributed by atoms with E-state index in [0.717, 1.165) is 111 Å². The van der Waals surface area contributed by atoms with E-state index in [1.165, 1.54) is 0 Å². The van der Waals surface area contributed by atoms with E-state index < -0.39 is 0 Å². The average molecular weight is 844 g/mol. The van der Waals surface area contributed by atoms with Crippen molar-refractivity contribution in [3.05, 3.63) is 229 Å². The zero-order valence-corrected chi connectivity index (χ0v) is 36.4. The summed E-state index contributed by atoms with van der Waals surface area (Å²) in [6.07, 6.45) is 0. The van der Waals surface area contributed by atoms with Gasteiger partial charge in [-0.2, -0.15) is 5.26 Å². The van der Waals surface area contributed by atoms with Crippen molar-refractivity contribution in [3.63, 3.8) is 0 Å². The van der Waals surface area contributed by atoms with E-state index >= 15 is 0 Å². The molecule has 0 aliphatic heterocycles. The molecule has 5 nitrogen and oxygen atoms in total. The predicted molar refractivity (Wildman–Crippen MR) is 272 cm³/mol. The summed E-state index contributed by atoms with van der Waals surface area (Å²) < 4.78 is 4.79. The molecule has 0 saturated carbocycles. The summed E-state index contributed by atoms with van der Waals surface area (Å²) in [6, 6.07) is 78.2. The average Bonchev–Trinajstić information content (AvgIpc) is 3.87. The summed E-state index contributed by atoms with van der Waals surface area (Å²) >= 11 is 0. The SMILES string of the molecule is Cc1cc(C)nc(-c2cc(-n3c4cc(-c5ccccc5)ccc4c4ccc(-c5ccccc5)cc43)c(-n3c4cc(-c5ccccc5)ccc4c4ccc(-c5ccccc5)cc43)cc2C#N)n1. The summed E-state index contributed by atoms with van der Waals surface area (Å²) in [5.74, 6) is 0.521. The topological polar surface area (TPSA) is 59.4 Å². The molecule has 0 bridgehead atoms. The van der Waals surface area contributed by atoms with Crippen molar-refractivity contribution in [2.24, 2.45) is 0 Å². The molecule has 12 rings (SSSR count). The van der Waals surface area contributed by atoms with Gasteiger partial charge >= 0.3 is 0 Å². The van der Waals surface area contributed by atoms with Gasteiger partial charge in [-0.15, -0.1) is 0 Å². The van der Waals surface area contributed by atoms with Crippen LogP contribution in [0.5, 0.6) is 0 Å². The quantitative estimate of drug-likeness (QED) is 0.161. The molecule has 0 fully saturated rings. The third kappa shape index (κ3) is 6.55. The molecule has 310 valence electrons. The molecule has 0 saturated heterocycles. The lowest BCUT2D eigenvalue weighted by Gasteiger charge is -2.20. The Balaban J connectivity index is 1.26. The number of rotatable bonds is 7. The maximum Gasteiger partial charge on any atom is 0.161 e. The lowest BCUT2D eigenvalue weighted by Crippen LogP contribution is -2.07. The Morgan fingerprint density at radius 1 is 0.348 bits per heavy atom. The lowest BCUT2D eigenvalue weighted by atomic mass is 10.0. The molecular formula is C61H41N5. The molecule has 0 amide bonds. The Hall–Kier alpha value is -8.85. The van der Waals surface area contributed by atoms with Gasteiger partial charge in [0.25, 0.3) is 0 Å². The number of benzene rings is 9. The molecule has 0 N–H and O–H groups in total. The van der Waals surface area contributed by atoms with Gasteiger partial charge in [0, 0.05) is 38.5 Å². The van der Waals surface area contributed by atoms with Crippen LogP contribution in [0, 0.1) is 25.2 Å². The van der Waals surface area contributed by atoms with Crippen molar-refractivity contribution < 1.29 is 0 Å². The maximum atomic E-state index is 11.2. The standard InChI is InChI=1S/C61H41N5/c1-39-31-40(2)64-61(63-39)54-37-60(66-57-34-47(43-19-11-5-12-20-43)25-29-52(57)53-30-26-48(35-58(53)66)44-21-13-6-14-22-44)59(36-49(54)38-62)65-55-32-45(41-15-7-3-8-16-41)23-27-50(55)51-28-24-46(33-56(51)65)42-17-9-4-10-18-42/h3-37H,1-2H3. The monoisotopic (exact) mass is 843 g/mol. The van der Waals surface area contributed by atoms with Crippen LogP contribution in [0.2, 0.25) is 0 Å². The minimum Gasteiger partial charge on any atom is -0.307 e. The second-order valence-corrected chi connectivity index (χ2v) is 17.0. The van der Waals surface area contributed by atoms with Crippen LogP contribution in [0.4, 0.5) is 0 Å². The van der Waals surface area contributed by atoms with E-state index in [0.29, 0.717) is 17.0 Å². The number of nitriles is 1. The summed E-state index contributed by atoms with van der Waals surface area (Å²) in [6.45, 7) is 3.96. The second-order valence-electron chi connectivity index (χ2n) is 17.0. The number of hydrogen-bond acceptors (Lipinski definition) is 3. The molecule has 0 unspecified atom stereocenters. The smallest absolute Gasteiger partial charge is 0.161 e. The molecule has 0 radical (unpaired) electrons. The molecule has 5 heteroatoms. The largest absolute Gasteiger partial charge is 0.307 e. The molecule has 3 heterocycles. The Labute approximate surface area is 382 Å². The van der Waals surface area contributed by atoms with E-state index in [2.05, 4.69) is 221 Å². The Morgan fingerprint density at radius 2 is 0.667 bits per heavy atom.